The first kappa shape index (κ1) is 9.45. The number of phenols is 1. The molecule has 1 heterocycles. The van der Waals surface area contributed by atoms with Crippen molar-refractivity contribution in [2.75, 3.05) is 0 Å². The number of phenolic OH excluding ortho intramolecular Hbond substituents is 1. The molecule has 0 atom stereocenters. The molecule has 66 valence electrons. The minimum Gasteiger partial charge on any atom is -0.505 e. The molecule has 0 saturated heterocycles. The van der Waals surface area contributed by atoms with E-state index in [1.165, 1.54) is 0 Å². The molecule has 0 aliphatic rings. The van der Waals surface area contributed by atoms with Gasteiger partial charge in [-0.25, -0.2) is 0 Å². The maximum absolute atomic E-state index is 9.71. The lowest BCUT2D eigenvalue weighted by atomic mass is 10.2. The molecule has 0 saturated carbocycles. The van der Waals surface area contributed by atoms with Crippen molar-refractivity contribution in [2.24, 2.45) is 0 Å². The van der Waals surface area contributed by atoms with E-state index in [9.17, 15) is 5.11 Å². The summed E-state index contributed by atoms with van der Waals surface area (Å²) >= 11 is 4.35. The van der Waals surface area contributed by atoms with Gasteiger partial charge in [-0.05, 0) is 57.3 Å². The summed E-state index contributed by atoms with van der Waals surface area (Å²) in [6.07, 6.45) is 1.69. The van der Waals surface area contributed by atoms with Crippen LogP contribution in [-0.2, 0) is 0 Å². The van der Waals surface area contributed by atoms with Crippen LogP contribution in [0.2, 0.25) is 0 Å². The average molecular weight is 397 g/mol. The molecule has 13 heavy (non-hydrogen) atoms. The van der Waals surface area contributed by atoms with E-state index in [1.807, 2.05) is 18.2 Å². The molecule has 2 aromatic rings. The fourth-order valence-electron chi connectivity index (χ4n) is 1.16. The quantitative estimate of drug-likeness (QED) is 0.694. The van der Waals surface area contributed by atoms with Gasteiger partial charge in [0.2, 0.25) is 0 Å². The van der Waals surface area contributed by atoms with E-state index in [4.69, 9.17) is 0 Å². The molecule has 0 amide bonds. The van der Waals surface area contributed by atoms with Gasteiger partial charge in [0, 0.05) is 15.2 Å². The predicted molar refractivity (Wildman–Crippen MR) is 68.8 cm³/mol. The van der Waals surface area contributed by atoms with Crippen molar-refractivity contribution in [3.05, 3.63) is 31.5 Å². The Hall–Kier alpha value is -0.110. The van der Waals surface area contributed by atoms with Crippen molar-refractivity contribution in [3.8, 4) is 5.75 Å². The Morgan fingerprint density at radius 3 is 2.77 bits per heavy atom. The third-order valence-electron chi connectivity index (χ3n) is 1.77. The summed E-state index contributed by atoms with van der Waals surface area (Å²) in [6, 6.07) is 5.77. The van der Waals surface area contributed by atoms with Crippen molar-refractivity contribution in [3.63, 3.8) is 0 Å². The highest BCUT2D eigenvalue weighted by atomic mass is 127. The maximum Gasteiger partial charge on any atom is 0.155 e. The number of halogens is 2. The van der Waals surface area contributed by atoms with Crippen LogP contribution >= 0.6 is 45.2 Å². The topological polar surface area (TPSA) is 33.1 Å². The normalized spacial score (nSPS) is 10.6. The molecule has 2 rings (SSSR count). The standard InChI is InChI=1S/C9H5I2NO/c10-6-4-7(11)9(13)8-5(6)2-1-3-12-8/h1-4,13H. The van der Waals surface area contributed by atoms with Crippen LogP contribution in [0.25, 0.3) is 10.9 Å². The van der Waals surface area contributed by atoms with Gasteiger partial charge in [-0.1, -0.05) is 6.07 Å². The zero-order valence-electron chi connectivity index (χ0n) is 6.46. The Labute approximate surface area is 103 Å². The molecule has 0 unspecified atom stereocenters. The largest absolute Gasteiger partial charge is 0.505 e. The summed E-state index contributed by atoms with van der Waals surface area (Å²) in [5.41, 5.74) is 0.679. The summed E-state index contributed by atoms with van der Waals surface area (Å²) in [6.45, 7) is 0. The molecule has 1 N–H and O–H groups in total. The molecule has 0 radical (unpaired) electrons. The third-order valence-corrected chi connectivity index (χ3v) is 3.48. The summed E-state index contributed by atoms with van der Waals surface area (Å²) in [4.78, 5) is 4.14. The van der Waals surface area contributed by atoms with Crippen molar-refractivity contribution in [1.29, 1.82) is 0 Å². The van der Waals surface area contributed by atoms with Crippen molar-refractivity contribution in [1.82, 2.24) is 4.98 Å². The maximum atomic E-state index is 9.71. The monoisotopic (exact) mass is 397 g/mol. The Kier molecular flexibility index (Phi) is 2.59. The van der Waals surface area contributed by atoms with Crippen LogP contribution in [-0.4, -0.2) is 10.1 Å². The van der Waals surface area contributed by atoms with E-state index in [1.54, 1.807) is 6.20 Å². The number of benzene rings is 1. The Balaban J connectivity index is 2.97. The van der Waals surface area contributed by atoms with Gasteiger partial charge in [0.15, 0.2) is 5.75 Å². The van der Waals surface area contributed by atoms with Gasteiger partial charge in [0.25, 0.3) is 0 Å². The van der Waals surface area contributed by atoms with Crippen LogP contribution in [0.3, 0.4) is 0 Å². The van der Waals surface area contributed by atoms with Gasteiger partial charge in [0.05, 0.1) is 3.57 Å². The molecule has 0 spiro atoms. The number of aromatic nitrogens is 1. The molecule has 0 aliphatic heterocycles. The van der Waals surface area contributed by atoms with Crippen molar-refractivity contribution in [2.45, 2.75) is 0 Å². The minimum absolute atomic E-state index is 0.275. The molecule has 1 aromatic carbocycles. The number of fused-ring (bicyclic) bond motifs is 1. The van der Waals surface area contributed by atoms with Crippen LogP contribution in [0, 0.1) is 7.14 Å². The highest BCUT2D eigenvalue weighted by Crippen LogP contribution is 2.31. The Morgan fingerprint density at radius 1 is 1.23 bits per heavy atom. The van der Waals surface area contributed by atoms with E-state index < -0.39 is 0 Å². The van der Waals surface area contributed by atoms with E-state index in [2.05, 4.69) is 50.2 Å². The number of rotatable bonds is 0. The number of hydrogen-bond donors (Lipinski definition) is 1. The lowest BCUT2D eigenvalue weighted by Crippen LogP contribution is -1.85. The van der Waals surface area contributed by atoms with E-state index in [0.717, 1.165) is 12.5 Å². The third kappa shape index (κ3) is 1.61. The lowest BCUT2D eigenvalue weighted by molar-refractivity contribution is 0.476. The minimum atomic E-state index is 0.275. The van der Waals surface area contributed by atoms with Gasteiger partial charge in [0.1, 0.15) is 5.52 Å². The average Bonchev–Trinajstić information content (AvgIpc) is 2.15. The zero-order valence-corrected chi connectivity index (χ0v) is 10.8. The van der Waals surface area contributed by atoms with Gasteiger partial charge in [-0.15, -0.1) is 0 Å². The molecule has 0 bridgehead atoms. The van der Waals surface area contributed by atoms with Crippen LogP contribution in [0.5, 0.6) is 5.75 Å². The van der Waals surface area contributed by atoms with Crippen molar-refractivity contribution >= 4 is 56.1 Å². The van der Waals surface area contributed by atoms with E-state index in [-0.39, 0.29) is 5.75 Å². The van der Waals surface area contributed by atoms with E-state index in [0.29, 0.717) is 5.52 Å². The molecule has 0 fully saturated rings. The van der Waals surface area contributed by atoms with Crippen LogP contribution in [0.4, 0.5) is 0 Å². The molecule has 1 aromatic heterocycles. The van der Waals surface area contributed by atoms with Gasteiger partial charge in [-0.2, -0.15) is 0 Å². The van der Waals surface area contributed by atoms with E-state index >= 15 is 0 Å². The molecule has 0 aliphatic carbocycles. The molecular weight excluding hydrogens is 392 g/mol. The lowest BCUT2D eigenvalue weighted by Gasteiger charge is -2.03. The van der Waals surface area contributed by atoms with Crippen LogP contribution in [0.1, 0.15) is 0 Å². The van der Waals surface area contributed by atoms with Crippen LogP contribution < -0.4 is 0 Å². The van der Waals surface area contributed by atoms with Crippen LogP contribution in [0.15, 0.2) is 24.4 Å². The first-order valence-corrected chi connectivity index (χ1v) is 5.77. The second kappa shape index (κ2) is 3.56. The first-order chi connectivity index (χ1) is 6.20. The zero-order chi connectivity index (χ0) is 9.42. The fourth-order valence-corrected chi connectivity index (χ4v) is 3.07. The summed E-state index contributed by atoms with van der Waals surface area (Å²) in [5, 5.41) is 10.7. The van der Waals surface area contributed by atoms with Gasteiger partial charge in [-0.3, -0.25) is 4.98 Å². The Bertz CT molecular complexity index is 470. The van der Waals surface area contributed by atoms with Gasteiger partial charge >= 0.3 is 0 Å². The molecule has 4 heteroatoms. The van der Waals surface area contributed by atoms with Crippen molar-refractivity contribution < 1.29 is 5.11 Å². The second-order valence-corrected chi connectivity index (χ2v) is 4.91. The number of nitrogens with zero attached hydrogens (tertiary/aromatic N) is 1. The predicted octanol–water partition coefficient (Wildman–Crippen LogP) is 3.15. The first-order valence-electron chi connectivity index (χ1n) is 3.62. The Morgan fingerprint density at radius 2 is 2.00 bits per heavy atom. The molecule has 2 nitrogen and oxygen atoms in total. The fraction of sp³-hybridized carbons (Fsp3) is 0. The highest BCUT2D eigenvalue weighted by Gasteiger charge is 2.07. The number of aromatic hydroxyl groups is 1. The smallest absolute Gasteiger partial charge is 0.155 e. The number of hydrogen-bond acceptors (Lipinski definition) is 2. The molecular formula is C9H5I2NO. The highest BCUT2D eigenvalue weighted by molar-refractivity contribution is 14.1. The summed E-state index contributed by atoms with van der Waals surface area (Å²) in [7, 11) is 0. The second-order valence-electron chi connectivity index (χ2n) is 2.59. The SMILES string of the molecule is Oc1c(I)cc(I)c2cccnc12. The van der Waals surface area contributed by atoms with Gasteiger partial charge < -0.3 is 5.11 Å². The summed E-state index contributed by atoms with van der Waals surface area (Å²) < 4.78 is 1.95. The summed E-state index contributed by atoms with van der Waals surface area (Å²) in [5.74, 6) is 0.275. The number of pyridine rings is 1.